The lowest BCUT2D eigenvalue weighted by molar-refractivity contribution is -0.220. The van der Waals surface area contributed by atoms with Crippen LogP contribution in [0.5, 0.6) is 0 Å². The molecule has 2 rings (SSSR count). The second-order valence-electron chi connectivity index (χ2n) is 8.46. The molecule has 1 aromatic carbocycles. The fourth-order valence-corrected chi connectivity index (χ4v) is 5.36. The van der Waals surface area contributed by atoms with Crippen molar-refractivity contribution in [2.45, 2.75) is 74.4 Å². The van der Waals surface area contributed by atoms with E-state index in [4.69, 9.17) is 29.2 Å². The number of ether oxygens (including phenoxy) is 5. The predicted molar refractivity (Wildman–Crippen MR) is 135 cm³/mol. The lowest BCUT2D eigenvalue weighted by atomic mass is 9.89. The Bertz CT molecular complexity index is 1110. The summed E-state index contributed by atoms with van der Waals surface area (Å²) in [5.41, 5.74) is 8.89. The van der Waals surface area contributed by atoms with Gasteiger partial charge in [0.1, 0.15) is 18.3 Å². The van der Waals surface area contributed by atoms with E-state index < -0.39 is 71.7 Å². The summed E-state index contributed by atoms with van der Waals surface area (Å²) < 4.78 is 27.7. The average molecular weight is 567 g/mol. The van der Waals surface area contributed by atoms with Crippen molar-refractivity contribution < 1.29 is 47.7 Å². The number of nitrogens with zero attached hydrogens (tertiary/aromatic N) is 3. The Balaban J connectivity index is 2.77. The minimum absolute atomic E-state index is 0.276. The van der Waals surface area contributed by atoms with Crippen molar-refractivity contribution in [3.63, 3.8) is 0 Å². The molecule has 1 N–H and O–H groups in total. The van der Waals surface area contributed by atoms with Crippen molar-refractivity contribution in [1.82, 2.24) is 5.32 Å². The molecular weight excluding hydrogens is 536 g/mol. The zero-order valence-corrected chi connectivity index (χ0v) is 22.8. The third-order valence-corrected chi connectivity index (χ3v) is 6.66. The highest BCUT2D eigenvalue weighted by atomic mass is 32.2. The minimum atomic E-state index is -1.88. The van der Waals surface area contributed by atoms with Gasteiger partial charge >= 0.3 is 23.9 Å². The molecule has 1 saturated heterocycles. The molecule has 1 heterocycles. The van der Waals surface area contributed by atoms with Crippen molar-refractivity contribution in [1.29, 1.82) is 0 Å². The largest absolute Gasteiger partial charge is 0.466 e. The van der Waals surface area contributed by atoms with Gasteiger partial charge in [0, 0.05) is 43.9 Å². The Morgan fingerprint density at radius 3 is 2.26 bits per heavy atom. The molecular formula is C24H30N4O10S. The van der Waals surface area contributed by atoms with Crippen molar-refractivity contribution >= 4 is 41.5 Å². The number of methoxy groups -OCH3 is 1. The quantitative estimate of drug-likeness (QED) is 0.135. The molecule has 0 spiro atoms. The molecule has 39 heavy (non-hydrogen) atoms. The SMILES string of the molecule is COC(=O)C1(Sc2ccccc2)CC(OC(C)=O)C(NC(C)=O)C(C(OC(C)=O)C(CN=[N+]=[N-])OC(C)=O)O1. The smallest absolute Gasteiger partial charge is 0.349 e. The number of carbonyl (C=O) groups is 5. The molecule has 0 bridgehead atoms. The van der Waals surface area contributed by atoms with Crippen LogP contribution >= 0.6 is 11.8 Å². The molecule has 1 aliphatic rings. The number of hydrogen-bond acceptors (Lipinski definition) is 12. The van der Waals surface area contributed by atoms with Crippen LogP contribution in [0.15, 0.2) is 40.3 Å². The van der Waals surface area contributed by atoms with Gasteiger partial charge in [-0.2, -0.15) is 0 Å². The highest BCUT2D eigenvalue weighted by Crippen LogP contribution is 2.45. The molecule has 0 aliphatic carbocycles. The van der Waals surface area contributed by atoms with Crippen LogP contribution < -0.4 is 5.32 Å². The third-order valence-electron chi connectivity index (χ3n) is 5.39. The van der Waals surface area contributed by atoms with E-state index >= 15 is 0 Å². The second kappa shape index (κ2) is 14.4. The maximum atomic E-state index is 13.3. The Morgan fingerprint density at radius 1 is 1.10 bits per heavy atom. The summed E-state index contributed by atoms with van der Waals surface area (Å²) >= 11 is 0.949. The number of azide groups is 1. The van der Waals surface area contributed by atoms with Crippen LogP contribution in [0.1, 0.15) is 34.1 Å². The summed E-state index contributed by atoms with van der Waals surface area (Å²) in [6.07, 6.45) is -5.88. The van der Waals surface area contributed by atoms with Crippen LogP contribution in [0.4, 0.5) is 0 Å². The standard InChI is InChI=1S/C24H30N4O10S/c1-13(29)27-20-18(35-14(2)30)11-24(23(33)34-5,39-17-9-7-6-8-10-17)38-22(20)21(37-16(4)32)19(12-26-28-25)36-15(3)31/h6-10,18-22H,11-12H2,1-5H3,(H,27,29). The molecule has 6 unspecified atom stereocenters. The lowest BCUT2D eigenvalue weighted by Gasteiger charge is -2.48. The zero-order valence-electron chi connectivity index (χ0n) is 22.0. The van der Waals surface area contributed by atoms with Crippen molar-refractivity contribution in [2.75, 3.05) is 13.7 Å². The maximum absolute atomic E-state index is 13.3. The van der Waals surface area contributed by atoms with Crippen LogP contribution in [0, 0.1) is 0 Å². The van der Waals surface area contributed by atoms with Gasteiger partial charge < -0.3 is 29.0 Å². The van der Waals surface area contributed by atoms with E-state index in [0.29, 0.717) is 4.90 Å². The topological polar surface area (TPSA) is 192 Å². The molecule has 14 nitrogen and oxygen atoms in total. The van der Waals surface area contributed by atoms with E-state index in [9.17, 15) is 24.0 Å². The van der Waals surface area contributed by atoms with Crippen molar-refractivity contribution in [3.8, 4) is 0 Å². The van der Waals surface area contributed by atoms with Gasteiger partial charge in [-0.25, -0.2) is 4.79 Å². The van der Waals surface area contributed by atoms with Crippen molar-refractivity contribution in [2.24, 2.45) is 5.11 Å². The molecule has 15 heteroatoms. The van der Waals surface area contributed by atoms with Gasteiger partial charge in [-0.05, 0) is 17.7 Å². The first-order valence-electron chi connectivity index (χ1n) is 11.7. The maximum Gasteiger partial charge on any atom is 0.349 e. The molecule has 0 saturated carbocycles. The van der Waals surface area contributed by atoms with E-state index in [-0.39, 0.29) is 6.42 Å². The van der Waals surface area contributed by atoms with Crippen LogP contribution in [-0.4, -0.2) is 78.8 Å². The predicted octanol–water partition coefficient (Wildman–Crippen LogP) is 2.05. The molecule has 1 aliphatic heterocycles. The van der Waals surface area contributed by atoms with Crippen molar-refractivity contribution in [3.05, 3.63) is 40.8 Å². The molecule has 1 fully saturated rings. The highest BCUT2D eigenvalue weighted by Gasteiger charge is 2.58. The van der Waals surface area contributed by atoms with Crippen LogP contribution in [-0.2, 0) is 47.7 Å². The number of rotatable bonds is 11. The Kier molecular flexibility index (Phi) is 11.6. The van der Waals surface area contributed by atoms with E-state index in [1.54, 1.807) is 30.3 Å². The summed E-state index contributed by atoms with van der Waals surface area (Å²) in [4.78, 5) is 63.2. The Morgan fingerprint density at radius 2 is 1.74 bits per heavy atom. The summed E-state index contributed by atoms with van der Waals surface area (Å²) in [5, 5.41) is 6.07. The molecule has 0 radical (unpaired) electrons. The number of hydrogen-bond donors (Lipinski definition) is 1. The van der Waals surface area contributed by atoms with Gasteiger partial charge in [0.05, 0.1) is 19.7 Å². The van der Waals surface area contributed by atoms with Gasteiger partial charge in [-0.1, -0.05) is 35.1 Å². The average Bonchev–Trinajstić information content (AvgIpc) is 2.85. The monoisotopic (exact) mass is 566 g/mol. The van der Waals surface area contributed by atoms with E-state index in [2.05, 4.69) is 15.3 Å². The van der Waals surface area contributed by atoms with Gasteiger partial charge in [0.15, 0.2) is 6.10 Å². The number of benzene rings is 1. The van der Waals surface area contributed by atoms with E-state index in [0.717, 1.165) is 39.6 Å². The van der Waals surface area contributed by atoms with Gasteiger partial charge in [-0.15, -0.1) is 0 Å². The number of thioether (sulfide) groups is 1. The van der Waals surface area contributed by atoms with Crippen LogP contribution in [0.3, 0.4) is 0 Å². The molecule has 6 atom stereocenters. The first-order valence-corrected chi connectivity index (χ1v) is 12.5. The van der Waals surface area contributed by atoms with Gasteiger partial charge in [0.2, 0.25) is 10.8 Å². The van der Waals surface area contributed by atoms with Gasteiger partial charge in [0.25, 0.3) is 0 Å². The lowest BCUT2D eigenvalue weighted by Crippen LogP contribution is -2.67. The summed E-state index contributed by atoms with van der Waals surface area (Å²) in [6.45, 7) is 4.03. The Labute approximate surface area is 228 Å². The third kappa shape index (κ3) is 8.87. The van der Waals surface area contributed by atoms with Gasteiger partial charge in [-0.3, -0.25) is 19.2 Å². The summed E-state index contributed by atoms with van der Waals surface area (Å²) in [7, 11) is 1.14. The zero-order chi connectivity index (χ0) is 29.2. The molecule has 1 aromatic rings. The van der Waals surface area contributed by atoms with E-state index in [1.165, 1.54) is 6.92 Å². The molecule has 0 aromatic heterocycles. The first-order chi connectivity index (χ1) is 18.4. The number of nitrogens with one attached hydrogen (secondary N) is 1. The normalized spacial score (nSPS) is 23.7. The number of esters is 4. The first kappa shape index (κ1) is 31.4. The number of carbonyl (C=O) groups excluding carboxylic acids is 5. The summed E-state index contributed by atoms with van der Waals surface area (Å²) in [5.74, 6) is -3.79. The Hall–Kier alpha value is -3.81. The summed E-state index contributed by atoms with van der Waals surface area (Å²) in [6, 6.07) is 7.45. The molecule has 1 amide bonds. The minimum Gasteiger partial charge on any atom is -0.466 e. The fraction of sp³-hybridized carbons (Fsp3) is 0.542. The number of amides is 1. The second-order valence-corrected chi connectivity index (χ2v) is 9.79. The highest BCUT2D eigenvalue weighted by molar-refractivity contribution is 8.01. The van der Waals surface area contributed by atoms with E-state index in [1.807, 2.05) is 0 Å². The fourth-order valence-electron chi connectivity index (χ4n) is 4.11. The molecule has 212 valence electrons. The van der Waals surface area contributed by atoms with Crippen LogP contribution in [0.25, 0.3) is 10.4 Å². The van der Waals surface area contributed by atoms with Crippen LogP contribution in [0.2, 0.25) is 0 Å².